The van der Waals surface area contributed by atoms with Crippen LogP contribution in [0.2, 0.25) is 0 Å². The third-order valence-electron chi connectivity index (χ3n) is 2.14. The maximum atomic E-state index is 11.7. The molecule has 0 N–H and O–H groups in total. The normalized spacial score (nSPS) is 16.5. The predicted molar refractivity (Wildman–Crippen MR) is 47.0 cm³/mol. The summed E-state index contributed by atoms with van der Waals surface area (Å²) in [5.41, 5.74) is 0.668. The van der Waals surface area contributed by atoms with Crippen LogP contribution in [0, 0.1) is 0 Å². The van der Waals surface area contributed by atoms with Gasteiger partial charge in [0.1, 0.15) is 5.69 Å². The van der Waals surface area contributed by atoms with E-state index in [1.165, 1.54) is 5.06 Å². The van der Waals surface area contributed by atoms with Gasteiger partial charge in [0.05, 0.1) is 13.2 Å². The van der Waals surface area contributed by atoms with Crippen LogP contribution in [0.15, 0.2) is 18.3 Å². The lowest BCUT2D eigenvalue weighted by molar-refractivity contribution is -0.0773. The van der Waals surface area contributed by atoms with E-state index in [0.29, 0.717) is 18.8 Å². The third-order valence-corrected chi connectivity index (χ3v) is 2.14. The van der Waals surface area contributed by atoms with E-state index in [9.17, 15) is 4.79 Å². The van der Waals surface area contributed by atoms with Crippen molar-refractivity contribution in [2.24, 2.45) is 7.05 Å². The number of hydroxylamine groups is 2. The summed E-state index contributed by atoms with van der Waals surface area (Å²) in [5, 5.41) is 1.43. The Bertz CT molecular complexity index is 313. The molecule has 70 valence electrons. The van der Waals surface area contributed by atoms with Gasteiger partial charge in [-0.25, -0.2) is 5.06 Å². The Morgan fingerprint density at radius 1 is 1.62 bits per heavy atom. The molecule has 0 atom stereocenters. The Hall–Kier alpha value is -1.29. The second-order valence-electron chi connectivity index (χ2n) is 3.10. The molecule has 0 aliphatic carbocycles. The lowest BCUT2D eigenvalue weighted by Crippen LogP contribution is -2.28. The highest BCUT2D eigenvalue weighted by Crippen LogP contribution is 2.10. The fraction of sp³-hybridized carbons (Fsp3) is 0.444. The molecule has 1 aromatic heterocycles. The molecular formula is C9H12N2O2. The van der Waals surface area contributed by atoms with Crippen molar-refractivity contribution < 1.29 is 9.63 Å². The molecule has 2 rings (SSSR count). The highest BCUT2D eigenvalue weighted by molar-refractivity contribution is 5.92. The van der Waals surface area contributed by atoms with Crippen LogP contribution in [-0.4, -0.2) is 28.7 Å². The van der Waals surface area contributed by atoms with Gasteiger partial charge in [0.15, 0.2) is 0 Å². The van der Waals surface area contributed by atoms with Crippen LogP contribution in [0.3, 0.4) is 0 Å². The van der Waals surface area contributed by atoms with Gasteiger partial charge >= 0.3 is 0 Å². The summed E-state index contributed by atoms with van der Waals surface area (Å²) in [7, 11) is 1.85. The van der Waals surface area contributed by atoms with Gasteiger partial charge in [0, 0.05) is 13.2 Å². The minimum atomic E-state index is -0.0509. The summed E-state index contributed by atoms with van der Waals surface area (Å²) < 4.78 is 1.80. The predicted octanol–water partition coefficient (Wildman–Crippen LogP) is 0.803. The summed E-state index contributed by atoms with van der Waals surface area (Å²) in [6.45, 7) is 1.35. The molecule has 0 aromatic carbocycles. The summed E-state index contributed by atoms with van der Waals surface area (Å²) in [6.07, 6.45) is 2.78. The van der Waals surface area contributed by atoms with Crippen LogP contribution in [0.1, 0.15) is 16.9 Å². The van der Waals surface area contributed by atoms with Crippen molar-refractivity contribution in [1.82, 2.24) is 9.63 Å². The number of aromatic nitrogens is 1. The van der Waals surface area contributed by atoms with Gasteiger partial charge < -0.3 is 4.57 Å². The zero-order valence-corrected chi connectivity index (χ0v) is 7.56. The average Bonchev–Trinajstić information content (AvgIpc) is 2.72. The minimum Gasteiger partial charge on any atom is -0.347 e. The molecule has 13 heavy (non-hydrogen) atoms. The van der Waals surface area contributed by atoms with E-state index in [-0.39, 0.29) is 5.91 Å². The first-order valence-electron chi connectivity index (χ1n) is 4.35. The number of amides is 1. The van der Waals surface area contributed by atoms with Gasteiger partial charge in [-0.1, -0.05) is 0 Å². The van der Waals surface area contributed by atoms with Crippen LogP contribution in [-0.2, 0) is 11.9 Å². The number of carbonyl (C=O) groups is 1. The molecule has 1 amide bonds. The quantitative estimate of drug-likeness (QED) is 0.640. The Morgan fingerprint density at radius 2 is 2.46 bits per heavy atom. The maximum Gasteiger partial charge on any atom is 0.294 e. The van der Waals surface area contributed by atoms with Crippen LogP contribution in [0.25, 0.3) is 0 Å². The van der Waals surface area contributed by atoms with Gasteiger partial charge in [-0.15, -0.1) is 0 Å². The number of hydrogen-bond acceptors (Lipinski definition) is 2. The molecule has 0 radical (unpaired) electrons. The molecule has 1 aromatic rings. The van der Waals surface area contributed by atoms with E-state index in [1.54, 1.807) is 10.6 Å². The summed E-state index contributed by atoms with van der Waals surface area (Å²) >= 11 is 0. The first kappa shape index (κ1) is 8.31. The largest absolute Gasteiger partial charge is 0.347 e. The average molecular weight is 180 g/mol. The molecule has 1 fully saturated rings. The lowest BCUT2D eigenvalue weighted by Gasteiger charge is -2.13. The van der Waals surface area contributed by atoms with E-state index in [4.69, 9.17) is 4.84 Å². The van der Waals surface area contributed by atoms with Crippen molar-refractivity contribution in [3.8, 4) is 0 Å². The minimum absolute atomic E-state index is 0.0509. The number of aryl methyl sites for hydroxylation is 1. The van der Waals surface area contributed by atoms with Crippen LogP contribution < -0.4 is 0 Å². The molecule has 0 saturated carbocycles. The van der Waals surface area contributed by atoms with Crippen LogP contribution in [0.4, 0.5) is 0 Å². The zero-order chi connectivity index (χ0) is 9.26. The molecule has 2 heterocycles. The van der Waals surface area contributed by atoms with Gasteiger partial charge in [-0.2, -0.15) is 0 Å². The topological polar surface area (TPSA) is 34.5 Å². The smallest absolute Gasteiger partial charge is 0.294 e. The number of rotatable bonds is 1. The number of hydrogen-bond donors (Lipinski definition) is 0. The van der Waals surface area contributed by atoms with Crippen molar-refractivity contribution in [3.05, 3.63) is 24.0 Å². The Kier molecular flexibility index (Phi) is 2.06. The Labute approximate surface area is 76.7 Å². The summed E-state index contributed by atoms with van der Waals surface area (Å²) in [6, 6.07) is 3.65. The van der Waals surface area contributed by atoms with E-state index in [0.717, 1.165) is 6.42 Å². The summed E-state index contributed by atoms with van der Waals surface area (Å²) in [5.74, 6) is -0.0509. The standard InChI is InChI=1S/C9H12N2O2/c1-10-5-2-4-8(10)9(12)11-6-3-7-13-11/h2,4-5H,3,6-7H2,1H3. The summed E-state index contributed by atoms with van der Waals surface area (Å²) in [4.78, 5) is 16.9. The van der Waals surface area contributed by atoms with Crippen molar-refractivity contribution in [1.29, 1.82) is 0 Å². The monoisotopic (exact) mass is 180 g/mol. The van der Waals surface area contributed by atoms with Gasteiger partial charge in [0.2, 0.25) is 0 Å². The van der Waals surface area contributed by atoms with E-state index in [2.05, 4.69) is 0 Å². The van der Waals surface area contributed by atoms with Gasteiger partial charge in [0.25, 0.3) is 5.91 Å². The second-order valence-corrected chi connectivity index (χ2v) is 3.10. The maximum absolute atomic E-state index is 11.7. The molecule has 1 aliphatic rings. The Balaban J connectivity index is 2.17. The van der Waals surface area contributed by atoms with Crippen molar-refractivity contribution in [3.63, 3.8) is 0 Å². The van der Waals surface area contributed by atoms with Crippen LogP contribution in [0.5, 0.6) is 0 Å². The molecule has 1 saturated heterocycles. The first-order valence-corrected chi connectivity index (χ1v) is 4.35. The molecular weight excluding hydrogens is 168 g/mol. The third kappa shape index (κ3) is 1.45. The highest BCUT2D eigenvalue weighted by Gasteiger charge is 2.22. The lowest BCUT2D eigenvalue weighted by atomic mass is 10.4. The fourth-order valence-corrected chi connectivity index (χ4v) is 1.42. The second kappa shape index (κ2) is 3.22. The first-order chi connectivity index (χ1) is 6.29. The zero-order valence-electron chi connectivity index (χ0n) is 7.56. The van der Waals surface area contributed by atoms with E-state index < -0.39 is 0 Å². The van der Waals surface area contributed by atoms with Crippen LogP contribution >= 0.6 is 0 Å². The molecule has 4 nitrogen and oxygen atoms in total. The molecule has 0 spiro atoms. The van der Waals surface area contributed by atoms with E-state index >= 15 is 0 Å². The Morgan fingerprint density at radius 3 is 3.00 bits per heavy atom. The molecule has 1 aliphatic heterocycles. The van der Waals surface area contributed by atoms with Gasteiger partial charge in [-0.05, 0) is 18.6 Å². The van der Waals surface area contributed by atoms with Gasteiger partial charge in [-0.3, -0.25) is 9.63 Å². The molecule has 0 unspecified atom stereocenters. The van der Waals surface area contributed by atoms with E-state index in [1.807, 2.05) is 19.3 Å². The highest BCUT2D eigenvalue weighted by atomic mass is 16.7. The molecule has 4 heteroatoms. The van der Waals surface area contributed by atoms with Crippen molar-refractivity contribution >= 4 is 5.91 Å². The SMILES string of the molecule is Cn1cccc1C(=O)N1CCCO1. The molecule has 0 bridgehead atoms. The number of nitrogens with zero attached hydrogens (tertiary/aromatic N) is 2. The number of carbonyl (C=O) groups excluding carboxylic acids is 1. The van der Waals surface area contributed by atoms with Crippen molar-refractivity contribution in [2.75, 3.05) is 13.2 Å². The van der Waals surface area contributed by atoms with Crippen molar-refractivity contribution in [2.45, 2.75) is 6.42 Å². The fourth-order valence-electron chi connectivity index (χ4n) is 1.42.